The predicted octanol–water partition coefficient (Wildman–Crippen LogP) is 5.26. The Bertz CT molecular complexity index is 1170. The molecule has 1 aromatic heterocycles. The van der Waals surface area contributed by atoms with E-state index < -0.39 is 0 Å². The Labute approximate surface area is 195 Å². The maximum Gasteiger partial charge on any atom is 0.247 e. The largest absolute Gasteiger partial charge is 0.331 e. The smallest absolute Gasteiger partial charge is 0.247 e. The summed E-state index contributed by atoms with van der Waals surface area (Å²) in [5.74, 6) is 0.131. The van der Waals surface area contributed by atoms with Crippen molar-refractivity contribution in [3.63, 3.8) is 0 Å². The number of hydrogen-bond donors (Lipinski definition) is 0. The zero-order valence-corrected chi connectivity index (χ0v) is 19.6. The second kappa shape index (κ2) is 8.54. The Kier molecular flexibility index (Phi) is 5.57. The SMILES string of the molecule is Cc1ccc(C2c3cccn3-c3ccccc3N2C(=O)CN(C(=O)C2CCC2)C(C)C)cc1. The van der Waals surface area contributed by atoms with E-state index in [1.54, 1.807) is 4.90 Å². The highest BCUT2D eigenvalue weighted by molar-refractivity contribution is 6.00. The summed E-state index contributed by atoms with van der Waals surface area (Å²) in [5, 5.41) is 0. The van der Waals surface area contributed by atoms with Crippen LogP contribution in [0.5, 0.6) is 0 Å². The molecule has 0 bridgehead atoms. The summed E-state index contributed by atoms with van der Waals surface area (Å²) in [6.45, 7) is 6.15. The van der Waals surface area contributed by atoms with Gasteiger partial charge < -0.3 is 9.47 Å². The normalized spacial score (nSPS) is 17.3. The van der Waals surface area contributed by atoms with Crippen molar-refractivity contribution >= 4 is 17.5 Å². The molecule has 0 spiro atoms. The molecule has 0 N–H and O–H groups in total. The van der Waals surface area contributed by atoms with Crippen molar-refractivity contribution in [1.29, 1.82) is 0 Å². The molecule has 2 aromatic carbocycles. The number of para-hydroxylation sites is 2. The van der Waals surface area contributed by atoms with E-state index in [1.165, 1.54) is 5.56 Å². The molecule has 1 aliphatic carbocycles. The molecule has 2 aliphatic rings. The molecule has 1 unspecified atom stereocenters. The third kappa shape index (κ3) is 3.75. The predicted molar refractivity (Wildman–Crippen MR) is 130 cm³/mol. The molecular formula is C28H31N3O2. The first kappa shape index (κ1) is 21.5. The maximum atomic E-state index is 14.0. The number of carbonyl (C=O) groups excluding carboxylic acids is 2. The number of aryl methyl sites for hydroxylation is 1. The molecule has 1 aliphatic heterocycles. The summed E-state index contributed by atoms with van der Waals surface area (Å²) in [6, 6.07) is 20.2. The van der Waals surface area contributed by atoms with Crippen molar-refractivity contribution in [2.24, 2.45) is 5.92 Å². The highest BCUT2D eigenvalue weighted by Crippen LogP contribution is 2.42. The summed E-state index contributed by atoms with van der Waals surface area (Å²) in [7, 11) is 0. The van der Waals surface area contributed by atoms with Gasteiger partial charge in [0.15, 0.2) is 0 Å². The number of anilines is 1. The van der Waals surface area contributed by atoms with E-state index in [-0.39, 0.29) is 36.4 Å². The van der Waals surface area contributed by atoms with Crippen LogP contribution in [-0.4, -0.2) is 33.9 Å². The minimum Gasteiger partial charge on any atom is -0.331 e. The average Bonchev–Trinajstić information content (AvgIpc) is 3.25. The van der Waals surface area contributed by atoms with E-state index in [4.69, 9.17) is 0 Å². The molecule has 5 rings (SSSR count). The van der Waals surface area contributed by atoms with Crippen molar-refractivity contribution < 1.29 is 9.59 Å². The van der Waals surface area contributed by atoms with Gasteiger partial charge in [-0.25, -0.2) is 0 Å². The van der Waals surface area contributed by atoms with E-state index in [0.717, 1.165) is 41.9 Å². The van der Waals surface area contributed by atoms with Gasteiger partial charge in [-0.3, -0.25) is 14.5 Å². The van der Waals surface area contributed by atoms with Crippen LogP contribution >= 0.6 is 0 Å². The first-order valence-electron chi connectivity index (χ1n) is 11.9. The molecule has 3 aromatic rings. The van der Waals surface area contributed by atoms with Crippen LogP contribution in [0, 0.1) is 12.8 Å². The fourth-order valence-corrected chi connectivity index (χ4v) is 4.95. The molecule has 1 atom stereocenters. The molecule has 33 heavy (non-hydrogen) atoms. The van der Waals surface area contributed by atoms with E-state index >= 15 is 0 Å². The molecule has 170 valence electrons. The Morgan fingerprint density at radius 3 is 2.30 bits per heavy atom. The fourth-order valence-electron chi connectivity index (χ4n) is 4.95. The number of rotatable bonds is 5. The van der Waals surface area contributed by atoms with Gasteiger partial charge in [0.05, 0.1) is 17.1 Å². The minimum absolute atomic E-state index is 0.0243. The van der Waals surface area contributed by atoms with E-state index in [0.29, 0.717) is 0 Å². The Morgan fingerprint density at radius 1 is 0.970 bits per heavy atom. The molecule has 0 saturated heterocycles. The summed E-state index contributed by atoms with van der Waals surface area (Å²) >= 11 is 0. The number of hydrogen-bond acceptors (Lipinski definition) is 2. The highest BCUT2D eigenvalue weighted by atomic mass is 16.2. The molecule has 2 amide bonds. The van der Waals surface area contributed by atoms with Crippen molar-refractivity contribution in [1.82, 2.24) is 9.47 Å². The molecule has 5 nitrogen and oxygen atoms in total. The summed E-state index contributed by atoms with van der Waals surface area (Å²) < 4.78 is 2.17. The zero-order valence-electron chi connectivity index (χ0n) is 19.6. The van der Waals surface area contributed by atoms with Crippen molar-refractivity contribution in [2.45, 2.75) is 52.1 Å². The molecule has 2 heterocycles. The maximum absolute atomic E-state index is 14.0. The summed E-state index contributed by atoms with van der Waals surface area (Å²) in [4.78, 5) is 30.8. The quantitative estimate of drug-likeness (QED) is 0.542. The van der Waals surface area contributed by atoms with Crippen molar-refractivity contribution in [3.8, 4) is 5.69 Å². The summed E-state index contributed by atoms with van der Waals surface area (Å²) in [6.07, 6.45) is 5.02. The van der Waals surface area contributed by atoms with Crippen LogP contribution in [0.1, 0.15) is 56.0 Å². The van der Waals surface area contributed by atoms with Crippen LogP contribution in [0.3, 0.4) is 0 Å². The first-order chi connectivity index (χ1) is 16.0. The minimum atomic E-state index is -0.254. The summed E-state index contributed by atoms with van der Waals surface area (Å²) in [5.41, 5.74) is 5.14. The number of nitrogens with zero attached hydrogens (tertiary/aromatic N) is 3. The Hall–Kier alpha value is -3.34. The van der Waals surface area contributed by atoms with Crippen LogP contribution in [0.2, 0.25) is 0 Å². The fraction of sp³-hybridized carbons (Fsp3) is 0.357. The number of fused-ring (bicyclic) bond motifs is 3. The molecule has 1 fully saturated rings. The zero-order chi connectivity index (χ0) is 23.1. The van der Waals surface area contributed by atoms with Crippen LogP contribution in [0.15, 0.2) is 66.9 Å². The van der Waals surface area contributed by atoms with Crippen molar-refractivity contribution in [2.75, 3.05) is 11.4 Å². The molecule has 0 radical (unpaired) electrons. The third-order valence-corrected chi connectivity index (χ3v) is 7.05. The van der Waals surface area contributed by atoms with Gasteiger partial charge in [-0.1, -0.05) is 48.4 Å². The van der Waals surface area contributed by atoms with E-state index in [9.17, 15) is 9.59 Å². The van der Waals surface area contributed by atoms with Gasteiger partial charge in [0.25, 0.3) is 0 Å². The highest BCUT2D eigenvalue weighted by Gasteiger charge is 2.38. The van der Waals surface area contributed by atoms with Crippen LogP contribution in [-0.2, 0) is 9.59 Å². The third-order valence-electron chi connectivity index (χ3n) is 7.05. The monoisotopic (exact) mass is 441 g/mol. The lowest BCUT2D eigenvalue weighted by Gasteiger charge is -2.40. The number of amides is 2. The van der Waals surface area contributed by atoms with Gasteiger partial charge >= 0.3 is 0 Å². The molecule has 5 heteroatoms. The lowest BCUT2D eigenvalue weighted by atomic mass is 9.84. The Balaban J connectivity index is 1.57. The van der Waals surface area contributed by atoms with Crippen molar-refractivity contribution in [3.05, 3.63) is 83.7 Å². The Morgan fingerprint density at radius 2 is 1.67 bits per heavy atom. The van der Waals surface area contributed by atoms with Gasteiger partial charge in [0, 0.05) is 18.2 Å². The first-order valence-corrected chi connectivity index (χ1v) is 11.9. The van der Waals surface area contributed by atoms with Gasteiger partial charge in [-0.05, 0) is 63.4 Å². The second-order valence-corrected chi connectivity index (χ2v) is 9.56. The standard InChI is InChI=1S/C28H31N3O2/c1-19(2)30(28(33)22-8-6-9-22)18-26(32)31-24-11-5-4-10-23(24)29-17-7-12-25(29)27(31)21-15-13-20(3)14-16-21/h4-5,7,10-17,19,22,27H,6,8-9,18H2,1-3H3. The van der Waals surface area contributed by atoms with Crippen LogP contribution in [0.4, 0.5) is 5.69 Å². The lowest BCUT2D eigenvalue weighted by molar-refractivity contribution is -0.143. The number of carbonyl (C=O) groups is 2. The van der Waals surface area contributed by atoms with Gasteiger partial charge in [0.2, 0.25) is 11.8 Å². The topological polar surface area (TPSA) is 45.6 Å². The lowest BCUT2D eigenvalue weighted by Crippen LogP contribution is -2.50. The molecule has 1 saturated carbocycles. The van der Waals surface area contributed by atoms with Gasteiger partial charge in [-0.15, -0.1) is 0 Å². The average molecular weight is 442 g/mol. The van der Waals surface area contributed by atoms with Gasteiger partial charge in [0.1, 0.15) is 12.6 Å². The van der Waals surface area contributed by atoms with Crippen LogP contribution < -0.4 is 4.90 Å². The van der Waals surface area contributed by atoms with E-state index in [1.807, 2.05) is 49.1 Å². The second-order valence-electron chi connectivity index (χ2n) is 9.56. The number of benzene rings is 2. The van der Waals surface area contributed by atoms with E-state index in [2.05, 4.69) is 48.0 Å². The van der Waals surface area contributed by atoms with Gasteiger partial charge in [-0.2, -0.15) is 0 Å². The molecular weight excluding hydrogens is 410 g/mol. The van der Waals surface area contributed by atoms with Crippen LogP contribution in [0.25, 0.3) is 5.69 Å². The number of aromatic nitrogens is 1.